The van der Waals surface area contributed by atoms with E-state index in [1.165, 1.54) is 0 Å². The first-order valence-corrected chi connectivity index (χ1v) is 7.67. The van der Waals surface area contributed by atoms with Gasteiger partial charge in [-0.05, 0) is 30.7 Å². The topological polar surface area (TPSA) is 40.1 Å². The molecule has 0 spiro atoms. The summed E-state index contributed by atoms with van der Waals surface area (Å²) in [5.41, 5.74) is 3.47. The molecule has 6 heteroatoms. The van der Waals surface area contributed by atoms with E-state index in [1.54, 1.807) is 29.5 Å². The van der Waals surface area contributed by atoms with Crippen molar-refractivity contribution in [2.45, 2.75) is 12.3 Å². The lowest BCUT2D eigenvalue weighted by Gasteiger charge is -2.11. The quantitative estimate of drug-likeness (QED) is 0.643. The van der Waals surface area contributed by atoms with Gasteiger partial charge in [0.2, 0.25) is 0 Å². The molecule has 2 aromatic heterocycles. The molecule has 21 heavy (non-hydrogen) atoms. The van der Waals surface area contributed by atoms with Crippen LogP contribution in [0, 0.1) is 6.92 Å². The van der Waals surface area contributed by atoms with Crippen LogP contribution in [-0.2, 0) is 14.1 Å². The van der Waals surface area contributed by atoms with Crippen molar-refractivity contribution < 1.29 is 4.42 Å². The van der Waals surface area contributed by atoms with Crippen molar-refractivity contribution in [3.05, 3.63) is 56.3 Å². The molecule has 0 saturated heterocycles. The van der Waals surface area contributed by atoms with Gasteiger partial charge in [0, 0.05) is 24.1 Å². The van der Waals surface area contributed by atoms with Crippen molar-refractivity contribution in [2.24, 2.45) is 14.1 Å². The molecule has 0 radical (unpaired) electrons. The lowest BCUT2D eigenvalue weighted by atomic mass is 10.1. The molecule has 110 valence electrons. The Bertz CT molecular complexity index is 891. The zero-order valence-corrected chi connectivity index (χ0v) is 14.2. The average Bonchev–Trinajstić information content (AvgIpc) is 2.97. The van der Waals surface area contributed by atoms with Gasteiger partial charge < -0.3 is 4.42 Å². The van der Waals surface area contributed by atoms with Crippen molar-refractivity contribution in [2.75, 3.05) is 0 Å². The van der Waals surface area contributed by atoms with Crippen LogP contribution in [0.25, 0.3) is 11.0 Å². The lowest BCUT2D eigenvalue weighted by Crippen LogP contribution is -2.19. The molecule has 0 N–H and O–H groups in total. The molecule has 1 unspecified atom stereocenters. The maximum absolute atomic E-state index is 12.0. The van der Waals surface area contributed by atoms with Gasteiger partial charge in [0.05, 0.1) is 22.7 Å². The summed E-state index contributed by atoms with van der Waals surface area (Å²) in [4.78, 5) is 12.0. The molecule has 3 aromatic rings. The van der Waals surface area contributed by atoms with E-state index in [1.807, 2.05) is 25.1 Å². The Kier molecular flexibility index (Phi) is 3.50. The van der Waals surface area contributed by atoms with Crippen LogP contribution >= 0.6 is 27.5 Å². The fraction of sp³-hybridized carbons (Fsp3) is 0.267. The van der Waals surface area contributed by atoms with Crippen LogP contribution in [0.5, 0.6) is 0 Å². The fourth-order valence-corrected chi connectivity index (χ4v) is 3.49. The fourth-order valence-electron chi connectivity index (χ4n) is 2.51. The Balaban J connectivity index is 2.21. The molecule has 0 aliphatic rings. The summed E-state index contributed by atoms with van der Waals surface area (Å²) in [5.74, 6) is 0.819. The molecular weight excluding hydrogens is 356 g/mol. The predicted molar refractivity (Wildman–Crippen MR) is 87.0 cm³/mol. The first-order valence-electron chi connectivity index (χ1n) is 6.44. The number of benzene rings is 1. The molecular formula is C15H14BrClN2O2. The third kappa shape index (κ3) is 2.24. The molecule has 4 nitrogen and oxygen atoms in total. The molecule has 0 aliphatic carbocycles. The highest BCUT2D eigenvalue weighted by molar-refractivity contribution is 9.10. The second-order valence-corrected chi connectivity index (χ2v) is 6.41. The summed E-state index contributed by atoms with van der Waals surface area (Å²) in [6.45, 7) is 1.88. The molecule has 3 rings (SSSR count). The Morgan fingerprint density at radius 2 is 1.81 bits per heavy atom. The van der Waals surface area contributed by atoms with Crippen LogP contribution in [0.1, 0.15) is 22.3 Å². The number of alkyl halides is 1. The van der Waals surface area contributed by atoms with E-state index in [4.69, 9.17) is 16.0 Å². The van der Waals surface area contributed by atoms with Crippen molar-refractivity contribution in [1.29, 1.82) is 0 Å². The van der Waals surface area contributed by atoms with Crippen molar-refractivity contribution in [1.82, 2.24) is 9.13 Å². The van der Waals surface area contributed by atoms with Crippen molar-refractivity contribution in [3.8, 4) is 0 Å². The van der Waals surface area contributed by atoms with E-state index in [0.29, 0.717) is 0 Å². The number of hydrogen-bond donors (Lipinski definition) is 0. The zero-order chi connectivity index (χ0) is 15.3. The Hall–Kier alpha value is -1.46. The number of hydrogen-bond acceptors (Lipinski definition) is 2. The van der Waals surface area contributed by atoms with Gasteiger partial charge in [-0.3, -0.25) is 9.13 Å². The van der Waals surface area contributed by atoms with Gasteiger partial charge in [0.15, 0.2) is 0 Å². The number of imidazole rings is 1. The Labute approximate surface area is 135 Å². The highest BCUT2D eigenvalue weighted by atomic mass is 79.9. The highest BCUT2D eigenvalue weighted by Gasteiger charge is 2.19. The molecule has 0 amide bonds. The lowest BCUT2D eigenvalue weighted by molar-refractivity contribution is 0.532. The van der Waals surface area contributed by atoms with E-state index >= 15 is 0 Å². The minimum Gasteiger partial charge on any atom is -0.469 e. The summed E-state index contributed by atoms with van der Waals surface area (Å²) < 4.78 is 9.43. The third-order valence-corrected chi connectivity index (χ3v) is 4.88. The van der Waals surface area contributed by atoms with E-state index in [9.17, 15) is 4.79 Å². The zero-order valence-electron chi connectivity index (χ0n) is 11.9. The second kappa shape index (κ2) is 5.07. The van der Waals surface area contributed by atoms with Gasteiger partial charge in [-0.1, -0.05) is 15.9 Å². The first-order chi connectivity index (χ1) is 9.90. The van der Waals surface area contributed by atoms with Gasteiger partial charge in [-0.15, -0.1) is 11.6 Å². The van der Waals surface area contributed by atoms with Crippen LogP contribution in [0.3, 0.4) is 0 Å². The minimum absolute atomic E-state index is 0.0562. The maximum atomic E-state index is 12.0. The monoisotopic (exact) mass is 368 g/mol. The van der Waals surface area contributed by atoms with Crippen molar-refractivity contribution >= 4 is 38.6 Å². The number of nitrogens with zero attached hydrogens (tertiary/aromatic N) is 2. The maximum Gasteiger partial charge on any atom is 0.328 e. The predicted octanol–water partition coefficient (Wildman–Crippen LogP) is 3.87. The smallest absolute Gasteiger partial charge is 0.328 e. The molecule has 0 aliphatic heterocycles. The second-order valence-electron chi connectivity index (χ2n) is 5.12. The van der Waals surface area contributed by atoms with Crippen LogP contribution in [-0.4, -0.2) is 9.13 Å². The number of rotatable bonds is 2. The number of fused-ring (bicyclic) bond motifs is 1. The highest BCUT2D eigenvalue weighted by Crippen LogP contribution is 2.36. The van der Waals surface area contributed by atoms with Crippen LogP contribution in [0.15, 0.2) is 38.1 Å². The number of aromatic nitrogens is 2. The molecule has 0 saturated carbocycles. The third-order valence-electron chi connectivity index (χ3n) is 3.71. The van der Waals surface area contributed by atoms with Gasteiger partial charge in [-0.25, -0.2) is 4.79 Å². The van der Waals surface area contributed by atoms with Gasteiger partial charge >= 0.3 is 5.69 Å². The summed E-state index contributed by atoms with van der Waals surface area (Å²) >= 11 is 10.1. The Morgan fingerprint density at radius 3 is 2.38 bits per heavy atom. The normalized spacial score (nSPS) is 13.0. The van der Waals surface area contributed by atoms with Crippen LogP contribution in [0.4, 0.5) is 0 Å². The van der Waals surface area contributed by atoms with E-state index in [0.717, 1.165) is 32.4 Å². The van der Waals surface area contributed by atoms with Gasteiger partial charge in [0.1, 0.15) is 5.76 Å². The summed E-state index contributed by atoms with van der Waals surface area (Å²) in [7, 11) is 3.52. The van der Waals surface area contributed by atoms with Gasteiger partial charge in [-0.2, -0.15) is 0 Å². The van der Waals surface area contributed by atoms with Crippen LogP contribution in [0.2, 0.25) is 0 Å². The summed E-state index contributed by atoms with van der Waals surface area (Å²) in [6, 6.07) is 5.79. The number of aryl methyl sites for hydroxylation is 3. The largest absolute Gasteiger partial charge is 0.469 e. The number of furan rings is 1. The Morgan fingerprint density at radius 1 is 1.19 bits per heavy atom. The molecule has 2 heterocycles. The molecule has 1 aromatic carbocycles. The SMILES string of the molecule is Cc1cc(C(Cl)c2cc3c(cc2Br)n(C)c(=O)n3C)co1. The molecule has 0 bridgehead atoms. The standard InChI is InChI=1S/C15H14BrClN2O2/c1-8-4-9(7-21-8)14(17)10-5-12-13(6-11(10)16)19(3)15(20)18(12)2/h4-7,14H,1-3H3. The molecule has 0 fully saturated rings. The molecule has 1 atom stereocenters. The average molecular weight is 370 g/mol. The number of halogens is 2. The van der Waals surface area contributed by atoms with Gasteiger partial charge in [0.25, 0.3) is 0 Å². The summed E-state index contributed by atoms with van der Waals surface area (Å²) in [5, 5.41) is -0.337. The van der Waals surface area contributed by atoms with Crippen molar-refractivity contribution in [3.63, 3.8) is 0 Å². The van der Waals surface area contributed by atoms with E-state index in [-0.39, 0.29) is 11.1 Å². The summed E-state index contributed by atoms with van der Waals surface area (Å²) in [6.07, 6.45) is 1.66. The first kappa shape index (κ1) is 14.5. The van der Waals surface area contributed by atoms with E-state index < -0.39 is 0 Å². The van der Waals surface area contributed by atoms with E-state index in [2.05, 4.69) is 15.9 Å². The minimum atomic E-state index is -0.337. The van der Waals surface area contributed by atoms with Crippen LogP contribution < -0.4 is 5.69 Å².